The standard InChI is InChI=1S/C21H20N2O3/c1-13-18(11-15-10-16(25-2)7-8-19(15)23-13)21(24)22-12-17-9-14-5-3-4-6-20(14)26-17/h3-8,10-11,17H,9,12H2,1-2H3,(H,22,24)/t17-/m0/s1. The number of aryl methyl sites for hydroxylation is 1. The van der Waals surface area contributed by atoms with Crippen LogP contribution in [0.1, 0.15) is 21.6 Å². The van der Waals surface area contributed by atoms with E-state index in [1.807, 2.05) is 49.4 Å². The third kappa shape index (κ3) is 3.08. The zero-order chi connectivity index (χ0) is 18.1. The van der Waals surface area contributed by atoms with Crippen molar-refractivity contribution in [3.05, 3.63) is 65.4 Å². The Balaban J connectivity index is 1.49. The summed E-state index contributed by atoms with van der Waals surface area (Å²) in [6.07, 6.45) is 0.771. The molecule has 132 valence electrons. The Morgan fingerprint density at radius 2 is 2.12 bits per heavy atom. The maximum absolute atomic E-state index is 12.7. The molecule has 2 aromatic carbocycles. The largest absolute Gasteiger partial charge is 0.497 e. The molecule has 0 unspecified atom stereocenters. The van der Waals surface area contributed by atoms with Crippen LogP contribution in [0.4, 0.5) is 0 Å². The number of amides is 1. The Hall–Kier alpha value is -3.08. The van der Waals surface area contributed by atoms with Crippen LogP contribution in [0.15, 0.2) is 48.5 Å². The van der Waals surface area contributed by atoms with Crippen LogP contribution in [0.25, 0.3) is 10.9 Å². The number of hydrogen-bond acceptors (Lipinski definition) is 4. The molecule has 0 saturated carbocycles. The van der Waals surface area contributed by atoms with Gasteiger partial charge in [0.05, 0.1) is 30.4 Å². The summed E-state index contributed by atoms with van der Waals surface area (Å²) < 4.78 is 11.1. The van der Waals surface area contributed by atoms with Crippen molar-refractivity contribution in [2.45, 2.75) is 19.4 Å². The molecule has 0 bridgehead atoms. The van der Waals surface area contributed by atoms with Crippen molar-refractivity contribution in [1.29, 1.82) is 0 Å². The van der Waals surface area contributed by atoms with Crippen LogP contribution in [0, 0.1) is 6.92 Å². The van der Waals surface area contributed by atoms with Crippen LogP contribution >= 0.6 is 0 Å². The Morgan fingerprint density at radius 1 is 1.27 bits per heavy atom. The first-order valence-electron chi connectivity index (χ1n) is 8.62. The van der Waals surface area contributed by atoms with Crippen molar-refractivity contribution < 1.29 is 14.3 Å². The number of methoxy groups -OCH3 is 1. The zero-order valence-corrected chi connectivity index (χ0v) is 14.8. The number of pyridine rings is 1. The number of nitrogens with one attached hydrogen (secondary N) is 1. The van der Waals surface area contributed by atoms with Crippen LogP contribution in [0.2, 0.25) is 0 Å². The lowest BCUT2D eigenvalue weighted by Crippen LogP contribution is -2.34. The maximum atomic E-state index is 12.7. The molecule has 1 aliphatic heterocycles. The molecule has 0 aliphatic carbocycles. The predicted molar refractivity (Wildman–Crippen MR) is 99.9 cm³/mol. The summed E-state index contributed by atoms with van der Waals surface area (Å²) >= 11 is 0. The molecule has 5 heteroatoms. The fourth-order valence-corrected chi connectivity index (χ4v) is 3.28. The molecule has 4 rings (SSSR count). The second-order valence-electron chi connectivity index (χ2n) is 6.44. The van der Waals surface area contributed by atoms with Gasteiger partial charge >= 0.3 is 0 Å². The van der Waals surface area contributed by atoms with E-state index in [1.54, 1.807) is 7.11 Å². The average Bonchev–Trinajstić information content (AvgIpc) is 3.08. The van der Waals surface area contributed by atoms with Crippen LogP contribution in [0.5, 0.6) is 11.5 Å². The molecule has 0 fully saturated rings. The van der Waals surface area contributed by atoms with Gasteiger partial charge in [-0.2, -0.15) is 0 Å². The van der Waals surface area contributed by atoms with Gasteiger partial charge in [0.25, 0.3) is 5.91 Å². The lowest BCUT2D eigenvalue weighted by atomic mass is 10.1. The highest BCUT2D eigenvalue weighted by molar-refractivity contribution is 5.98. The van der Waals surface area contributed by atoms with Gasteiger partial charge in [0.1, 0.15) is 17.6 Å². The minimum absolute atomic E-state index is 0.0369. The zero-order valence-electron chi connectivity index (χ0n) is 14.8. The second-order valence-corrected chi connectivity index (χ2v) is 6.44. The number of fused-ring (bicyclic) bond motifs is 2. The van der Waals surface area contributed by atoms with E-state index in [1.165, 1.54) is 5.56 Å². The summed E-state index contributed by atoms with van der Waals surface area (Å²) in [6.45, 7) is 2.31. The lowest BCUT2D eigenvalue weighted by molar-refractivity contribution is 0.0932. The molecule has 1 amide bonds. The van der Waals surface area contributed by atoms with Gasteiger partial charge in [0, 0.05) is 11.8 Å². The summed E-state index contributed by atoms with van der Waals surface area (Å²) in [6, 6.07) is 15.5. The highest BCUT2D eigenvalue weighted by Gasteiger charge is 2.23. The first-order valence-corrected chi connectivity index (χ1v) is 8.62. The second kappa shape index (κ2) is 6.67. The van der Waals surface area contributed by atoms with Gasteiger partial charge in [0.15, 0.2) is 0 Å². The Bertz CT molecular complexity index is 959. The molecule has 3 aromatic rings. The highest BCUT2D eigenvalue weighted by Crippen LogP contribution is 2.28. The summed E-state index contributed by atoms with van der Waals surface area (Å²) in [5, 5.41) is 3.85. The normalized spacial score (nSPS) is 15.4. The van der Waals surface area contributed by atoms with Crippen molar-refractivity contribution >= 4 is 16.8 Å². The van der Waals surface area contributed by atoms with Gasteiger partial charge in [-0.1, -0.05) is 18.2 Å². The molecule has 26 heavy (non-hydrogen) atoms. The Labute approximate surface area is 152 Å². The number of ether oxygens (including phenoxy) is 2. The van der Waals surface area contributed by atoms with E-state index in [-0.39, 0.29) is 12.0 Å². The number of rotatable bonds is 4. The fourth-order valence-electron chi connectivity index (χ4n) is 3.28. The van der Waals surface area contributed by atoms with Crippen molar-refractivity contribution in [1.82, 2.24) is 10.3 Å². The molecular weight excluding hydrogens is 328 g/mol. The first kappa shape index (κ1) is 16.4. The smallest absolute Gasteiger partial charge is 0.253 e. The molecule has 0 spiro atoms. The van der Waals surface area contributed by atoms with Gasteiger partial charge < -0.3 is 14.8 Å². The highest BCUT2D eigenvalue weighted by atomic mass is 16.5. The van der Waals surface area contributed by atoms with Crippen molar-refractivity contribution in [3.8, 4) is 11.5 Å². The number of carbonyl (C=O) groups excluding carboxylic acids is 1. The van der Waals surface area contributed by atoms with Crippen molar-refractivity contribution in [3.63, 3.8) is 0 Å². The van der Waals surface area contributed by atoms with E-state index in [9.17, 15) is 4.79 Å². The van der Waals surface area contributed by atoms with E-state index < -0.39 is 0 Å². The van der Waals surface area contributed by atoms with E-state index in [4.69, 9.17) is 9.47 Å². The number of carbonyl (C=O) groups is 1. The van der Waals surface area contributed by atoms with Crippen LogP contribution in [-0.2, 0) is 6.42 Å². The van der Waals surface area contributed by atoms with Gasteiger partial charge in [-0.15, -0.1) is 0 Å². The molecule has 2 heterocycles. The third-order valence-corrected chi connectivity index (χ3v) is 4.66. The molecule has 1 N–H and O–H groups in total. The predicted octanol–water partition coefficient (Wildman–Crippen LogP) is 3.29. The number of para-hydroxylation sites is 1. The van der Waals surface area contributed by atoms with Crippen molar-refractivity contribution in [2.24, 2.45) is 0 Å². The van der Waals surface area contributed by atoms with Crippen molar-refractivity contribution in [2.75, 3.05) is 13.7 Å². The lowest BCUT2D eigenvalue weighted by Gasteiger charge is -2.13. The summed E-state index contributed by atoms with van der Waals surface area (Å²) in [5.74, 6) is 1.51. The Kier molecular flexibility index (Phi) is 4.21. The van der Waals surface area contributed by atoms with Gasteiger partial charge in [0.2, 0.25) is 0 Å². The number of benzene rings is 2. The first-order chi connectivity index (χ1) is 12.6. The molecule has 1 atom stereocenters. The van der Waals surface area contributed by atoms with Gasteiger partial charge in [-0.25, -0.2) is 0 Å². The summed E-state index contributed by atoms with van der Waals surface area (Å²) in [5.41, 5.74) is 3.30. The molecule has 0 radical (unpaired) electrons. The average molecular weight is 348 g/mol. The van der Waals surface area contributed by atoms with E-state index in [2.05, 4.69) is 16.4 Å². The molecule has 1 aromatic heterocycles. The summed E-state index contributed by atoms with van der Waals surface area (Å²) in [4.78, 5) is 17.2. The quantitative estimate of drug-likeness (QED) is 0.786. The van der Waals surface area contributed by atoms with Crippen LogP contribution in [-0.4, -0.2) is 30.6 Å². The van der Waals surface area contributed by atoms with Crippen LogP contribution in [0.3, 0.4) is 0 Å². The number of hydrogen-bond donors (Lipinski definition) is 1. The fraction of sp³-hybridized carbons (Fsp3) is 0.238. The topological polar surface area (TPSA) is 60.5 Å². The molecular formula is C21H20N2O3. The minimum atomic E-state index is -0.140. The maximum Gasteiger partial charge on any atom is 0.253 e. The van der Waals surface area contributed by atoms with E-state index in [0.717, 1.165) is 28.8 Å². The molecule has 1 aliphatic rings. The van der Waals surface area contributed by atoms with Gasteiger partial charge in [-0.3, -0.25) is 9.78 Å². The minimum Gasteiger partial charge on any atom is -0.497 e. The number of nitrogens with zero attached hydrogens (tertiary/aromatic N) is 1. The van der Waals surface area contributed by atoms with E-state index in [0.29, 0.717) is 17.8 Å². The molecule has 0 saturated heterocycles. The summed E-state index contributed by atoms with van der Waals surface area (Å²) in [7, 11) is 1.62. The SMILES string of the molecule is COc1ccc2nc(C)c(C(=O)NC[C@@H]3Cc4ccccc4O3)cc2c1. The molecule has 5 nitrogen and oxygen atoms in total. The third-order valence-electron chi connectivity index (χ3n) is 4.66. The van der Waals surface area contributed by atoms with E-state index >= 15 is 0 Å². The number of aromatic nitrogens is 1. The van der Waals surface area contributed by atoms with Crippen LogP contribution < -0.4 is 14.8 Å². The monoisotopic (exact) mass is 348 g/mol. The van der Waals surface area contributed by atoms with Gasteiger partial charge in [-0.05, 0) is 42.8 Å². The Morgan fingerprint density at radius 3 is 2.92 bits per heavy atom.